The maximum absolute atomic E-state index is 12.9. The first-order valence-corrected chi connectivity index (χ1v) is 10.5. The molecule has 0 saturated carbocycles. The number of carbonyl (C=O) groups excluding carboxylic acids is 2. The molecule has 32 heavy (non-hydrogen) atoms. The van der Waals surface area contributed by atoms with E-state index in [1.807, 2.05) is 0 Å². The van der Waals surface area contributed by atoms with Crippen LogP contribution in [0.3, 0.4) is 0 Å². The highest BCUT2D eigenvalue weighted by Gasteiger charge is 2.65. The number of urea groups is 1. The van der Waals surface area contributed by atoms with E-state index in [1.165, 1.54) is 50.5 Å². The number of anilines is 1. The van der Waals surface area contributed by atoms with Gasteiger partial charge in [-0.25, -0.2) is 14.3 Å². The van der Waals surface area contributed by atoms with E-state index in [0.717, 1.165) is 0 Å². The van der Waals surface area contributed by atoms with Crippen LogP contribution >= 0.6 is 11.8 Å². The molecule has 3 aliphatic heterocycles. The monoisotopic (exact) mass is 459 g/mol. The van der Waals surface area contributed by atoms with Crippen molar-refractivity contribution < 1.29 is 29.3 Å². The van der Waals surface area contributed by atoms with E-state index in [4.69, 9.17) is 4.74 Å². The Morgan fingerprint density at radius 1 is 1.31 bits per heavy atom. The molecule has 1 aromatic heterocycles. The number of benzene rings is 1. The first-order valence-electron chi connectivity index (χ1n) is 9.53. The number of aliphatic carboxylic acids is 1. The van der Waals surface area contributed by atoms with E-state index in [2.05, 4.69) is 20.8 Å². The summed E-state index contributed by atoms with van der Waals surface area (Å²) in [5.41, 5.74) is 0.224. The molecule has 0 unspecified atom stereocenters. The Balaban J connectivity index is 1.35. The van der Waals surface area contributed by atoms with Crippen molar-refractivity contribution in [2.75, 3.05) is 17.6 Å². The molecule has 2 aromatic rings. The van der Waals surface area contributed by atoms with Gasteiger partial charge in [-0.1, -0.05) is 11.8 Å². The lowest BCUT2D eigenvalue weighted by molar-refractivity contribution is -0.160. The lowest BCUT2D eigenvalue weighted by Crippen LogP contribution is -2.70. The quantitative estimate of drug-likeness (QED) is 0.311. The average Bonchev–Trinajstić information content (AvgIpc) is 3.34. The number of likely N-dealkylation sites (tertiary alicyclic amines) is 1. The fourth-order valence-corrected chi connectivity index (χ4v) is 4.87. The van der Waals surface area contributed by atoms with Crippen molar-refractivity contribution >= 4 is 35.4 Å². The number of amides is 3. The molecule has 5 rings (SSSR count). The number of β-lactam (4-membered cyclic amide) rings is 1. The number of carboxylic acids is 1. The number of ether oxygens (including phenoxy) is 1. The number of aromatic hydroxyl groups is 1. The molecule has 166 valence electrons. The molecule has 0 aliphatic carbocycles. The highest BCUT2D eigenvalue weighted by molar-refractivity contribution is 7.99. The van der Waals surface area contributed by atoms with Crippen LogP contribution in [0.4, 0.5) is 10.5 Å². The number of aryl methyl sites for hydroxylation is 1. The SMILES string of the molecule is Cn1nnnc1SCC1=C(C(=O)O)N2C(=O)[C@@H]3[C@H]2[C@@H](CN3C(=O)Nc2ccc(O)cc2)O1. The number of aromatic nitrogens is 4. The summed E-state index contributed by atoms with van der Waals surface area (Å²) >= 11 is 1.18. The van der Waals surface area contributed by atoms with E-state index in [1.54, 1.807) is 7.05 Å². The predicted molar refractivity (Wildman–Crippen MR) is 107 cm³/mol. The normalized spacial score (nSPS) is 23.5. The van der Waals surface area contributed by atoms with Gasteiger partial charge in [0.25, 0.3) is 5.91 Å². The van der Waals surface area contributed by atoms with Crippen molar-refractivity contribution in [1.29, 1.82) is 0 Å². The van der Waals surface area contributed by atoms with Gasteiger partial charge in [-0.2, -0.15) is 0 Å². The topological polar surface area (TPSA) is 163 Å². The van der Waals surface area contributed by atoms with Gasteiger partial charge in [0.05, 0.1) is 12.3 Å². The molecule has 3 amide bonds. The summed E-state index contributed by atoms with van der Waals surface area (Å²) in [6, 6.07) is 4.04. The fourth-order valence-electron chi connectivity index (χ4n) is 4.08. The van der Waals surface area contributed by atoms with Crippen LogP contribution in [0, 0.1) is 0 Å². The maximum Gasteiger partial charge on any atom is 0.356 e. The molecule has 2 saturated heterocycles. The molecule has 0 radical (unpaired) electrons. The van der Waals surface area contributed by atoms with Crippen LogP contribution in [0.2, 0.25) is 0 Å². The van der Waals surface area contributed by atoms with E-state index in [9.17, 15) is 24.6 Å². The molecule has 3 N–H and O–H groups in total. The second kappa shape index (κ2) is 7.40. The smallest absolute Gasteiger partial charge is 0.356 e. The molecule has 4 heterocycles. The maximum atomic E-state index is 12.9. The van der Waals surface area contributed by atoms with Crippen molar-refractivity contribution in [3.8, 4) is 5.75 Å². The van der Waals surface area contributed by atoms with Crippen molar-refractivity contribution in [3.05, 3.63) is 35.7 Å². The number of tetrazole rings is 1. The average molecular weight is 459 g/mol. The van der Waals surface area contributed by atoms with E-state index >= 15 is 0 Å². The van der Waals surface area contributed by atoms with Crippen LogP contribution in [-0.4, -0.2) is 88.6 Å². The van der Waals surface area contributed by atoms with Crippen LogP contribution in [0.15, 0.2) is 40.9 Å². The molecular weight excluding hydrogens is 442 g/mol. The summed E-state index contributed by atoms with van der Waals surface area (Å²) in [5.74, 6) is -1.47. The van der Waals surface area contributed by atoms with Gasteiger partial charge in [-0.15, -0.1) is 5.10 Å². The minimum absolute atomic E-state index is 0.0585. The summed E-state index contributed by atoms with van der Waals surface area (Å²) < 4.78 is 7.41. The molecule has 13 nitrogen and oxygen atoms in total. The van der Waals surface area contributed by atoms with E-state index < -0.39 is 36.1 Å². The molecule has 2 fully saturated rings. The second-order valence-corrected chi connectivity index (χ2v) is 8.32. The van der Waals surface area contributed by atoms with E-state index in [-0.39, 0.29) is 29.5 Å². The highest BCUT2D eigenvalue weighted by atomic mass is 32.2. The first kappa shape index (κ1) is 20.1. The zero-order valence-corrected chi connectivity index (χ0v) is 17.4. The number of hydrogen-bond donors (Lipinski definition) is 3. The van der Waals surface area contributed by atoms with Crippen molar-refractivity contribution in [2.24, 2.45) is 7.05 Å². The summed E-state index contributed by atoms with van der Waals surface area (Å²) in [4.78, 5) is 40.2. The van der Waals surface area contributed by atoms with Crippen LogP contribution in [0.5, 0.6) is 5.75 Å². The predicted octanol–water partition coefficient (Wildman–Crippen LogP) is -0.170. The Morgan fingerprint density at radius 2 is 2.06 bits per heavy atom. The third kappa shape index (κ3) is 3.10. The summed E-state index contributed by atoms with van der Waals surface area (Å²) in [6.07, 6.45) is -0.556. The summed E-state index contributed by atoms with van der Waals surface area (Å²) in [6.45, 7) is 0.119. The third-order valence-corrected chi connectivity index (χ3v) is 6.51. The second-order valence-electron chi connectivity index (χ2n) is 7.38. The van der Waals surface area contributed by atoms with Crippen LogP contribution in [0.25, 0.3) is 0 Å². The largest absolute Gasteiger partial charge is 0.508 e. The van der Waals surface area contributed by atoms with E-state index in [0.29, 0.717) is 10.8 Å². The molecule has 0 spiro atoms. The fraction of sp³-hybridized carbons (Fsp3) is 0.333. The number of thioether (sulfide) groups is 1. The summed E-state index contributed by atoms with van der Waals surface area (Å²) in [5, 5.41) is 33.4. The standard InChI is InChI=1S/C18H17N7O6S/c1-23-18(20-21-22-23)32-7-11-13(16(28)29)25-12-10(31-11)6-24(14(12)15(25)27)17(30)19-8-2-4-9(26)5-3-8/h2-5,10,12,14,26H,6-7H2,1H3,(H,19,30)(H,28,29)/t10-,12-,14+/m1/s1. The molecule has 14 heteroatoms. The Kier molecular flexibility index (Phi) is 4.65. The lowest BCUT2D eigenvalue weighted by Gasteiger charge is -2.49. The Hall–Kier alpha value is -3.81. The Morgan fingerprint density at radius 3 is 2.72 bits per heavy atom. The number of carbonyl (C=O) groups is 3. The van der Waals surface area contributed by atoms with Crippen LogP contribution in [-0.2, 0) is 21.4 Å². The number of carboxylic acid groups (broad SMARTS) is 1. The zero-order valence-electron chi connectivity index (χ0n) is 16.6. The number of hydrogen-bond acceptors (Lipinski definition) is 9. The van der Waals surface area contributed by atoms with Gasteiger partial charge in [0.1, 0.15) is 29.7 Å². The van der Waals surface area contributed by atoms with Crippen LogP contribution < -0.4 is 5.32 Å². The number of phenols is 1. The Bertz CT molecular complexity index is 1150. The number of rotatable bonds is 5. The van der Waals surface area contributed by atoms with Crippen molar-refractivity contribution in [1.82, 2.24) is 30.0 Å². The minimum Gasteiger partial charge on any atom is -0.508 e. The Labute approximate surface area is 184 Å². The van der Waals surface area contributed by atoms with Gasteiger partial charge in [0.15, 0.2) is 5.70 Å². The van der Waals surface area contributed by atoms with Gasteiger partial charge in [-0.3, -0.25) is 9.69 Å². The molecule has 0 bridgehead atoms. The van der Waals surface area contributed by atoms with Gasteiger partial charge >= 0.3 is 12.0 Å². The zero-order chi connectivity index (χ0) is 22.6. The number of nitrogens with one attached hydrogen (secondary N) is 1. The van der Waals surface area contributed by atoms with Gasteiger partial charge < -0.3 is 25.2 Å². The van der Waals surface area contributed by atoms with Crippen molar-refractivity contribution in [2.45, 2.75) is 23.3 Å². The van der Waals surface area contributed by atoms with Gasteiger partial charge in [0.2, 0.25) is 5.16 Å². The molecule has 3 aliphatic rings. The summed E-state index contributed by atoms with van der Waals surface area (Å²) in [7, 11) is 1.65. The molecule has 1 aromatic carbocycles. The van der Waals surface area contributed by atoms with Crippen molar-refractivity contribution in [3.63, 3.8) is 0 Å². The molecular formula is C18H17N7O6S. The molecule has 3 atom stereocenters. The third-order valence-electron chi connectivity index (χ3n) is 5.50. The van der Waals surface area contributed by atoms with Gasteiger partial charge in [-0.05, 0) is 34.7 Å². The number of nitrogens with zero attached hydrogens (tertiary/aromatic N) is 6. The number of phenolic OH excluding ortho intramolecular Hbond substituents is 1. The minimum atomic E-state index is -1.28. The van der Waals surface area contributed by atoms with Gasteiger partial charge in [0, 0.05) is 12.7 Å². The van der Waals surface area contributed by atoms with Crippen LogP contribution in [0.1, 0.15) is 0 Å². The lowest BCUT2D eigenvalue weighted by atomic mass is 9.91. The highest BCUT2D eigenvalue weighted by Crippen LogP contribution is 2.44. The first-order chi connectivity index (χ1) is 15.3.